The molecule has 1 amide bonds. The molecule has 0 atom stereocenters. The topological polar surface area (TPSA) is 54.3 Å². The van der Waals surface area contributed by atoms with Crippen LogP contribution in [0.4, 0.5) is 10.1 Å². The quantitative estimate of drug-likeness (QED) is 0.353. The lowest BCUT2D eigenvalue weighted by Crippen LogP contribution is -2.46. The Hall–Kier alpha value is -3.64. The molecule has 1 aromatic heterocycles. The number of para-hydroxylation sites is 1. The number of likely N-dealkylation sites (tertiary alicyclic amines) is 1. The van der Waals surface area contributed by atoms with Gasteiger partial charge in [0.1, 0.15) is 5.82 Å². The number of fused-ring (bicyclic) bond motifs is 3. The summed E-state index contributed by atoms with van der Waals surface area (Å²) in [6, 6.07) is 19.7. The maximum atomic E-state index is 14.2. The molecule has 2 aliphatic heterocycles. The van der Waals surface area contributed by atoms with Crippen LogP contribution < -0.4 is 5.32 Å². The lowest BCUT2D eigenvalue weighted by atomic mass is 9.74. The first kappa shape index (κ1) is 22.8. The third-order valence-corrected chi connectivity index (χ3v) is 7.92. The number of halogens is 2. The highest BCUT2D eigenvalue weighted by Gasteiger charge is 2.42. The van der Waals surface area contributed by atoms with Crippen LogP contribution in [-0.4, -0.2) is 40.8 Å². The third kappa shape index (κ3) is 3.77. The Morgan fingerprint density at radius 1 is 0.972 bits per heavy atom. The van der Waals surface area contributed by atoms with Gasteiger partial charge in [-0.1, -0.05) is 48.0 Å². The zero-order valence-corrected chi connectivity index (χ0v) is 20.4. The van der Waals surface area contributed by atoms with E-state index in [2.05, 4.69) is 23.5 Å². The number of piperidine rings is 1. The predicted octanol–water partition coefficient (Wildman–Crippen LogP) is 5.92. The fraction of sp³-hybridized carbons (Fsp3) is 0.241. The number of hydrogen-bond donors (Lipinski definition) is 1. The average molecular weight is 502 g/mol. The van der Waals surface area contributed by atoms with E-state index in [1.165, 1.54) is 23.4 Å². The Balaban J connectivity index is 1.27. The van der Waals surface area contributed by atoms with E-state index < -0.39 is 5.82 Å². The Kier molecular flexibility index (Phi) is 5.56. The maximum absolute atomic E-state index is 14.2. The van der Waals surface area contributed by atoms with Crippen LogP contribution in [0.2, 0.25) is 5.02 Å². The predicted molar refractivity (Wildman–Crippen MR) is 139 cm³/mol. The summed E-state index contributed by atoms with van der Waals surface area (Å²) in [7, 11) is 0. The molecule has 1 saturated heterocycles. The van der Waals surface area contributed by atoms with Crippen LogP contribution in [0.1, 0.15) is 39.1 Å². The second kappa shape index (κ2) is 8.79. The van der Waals surface area contributed by atoms with Gasteiger partial charge < -0.3 is 14.8 Å². The molecule has 36 heavy (non-hydrogen) atoms. The minimum atomic E-state index is -0.557. The van der Waals surface area contributed by atoms with E-state index in [0.717, 1.165) is 24.8 Å². The molecule has 5 nitrogen and oxygen atoms in total. The van der Waals surface area contributed by atoms with Crippen molar-refractivity contribution >= 4 is 39.9 Å². The summed E-state index contributed by atoms with van der Waals surface area (Å²) < 4.78 is 15.9. The van der Waals surface area contributed by atoms with Crippen LogP contribution in [0.3, 0.4) is 0 Å². The van der Waals surface area contributed by atoms with E-state index in [-0.39, 0.29) is 29.2 Å². The molecule has 0 saturated carbocycles. The highest BCUT2D eigenvalue weighted by atomic mass is 35.5. The number of Topliss-reactive ketones (excluding diaryl/α,β-unsaturated/α-hetero) is 1. The number of amides is 1. The normalized spacial score (nSPS) is 16.2. The van der Waals surface area contributed by atoms with Gasteiger partial charge in [-0.2, -0.15) is 0 Å². The monoisotopic (exact) mass is 501 g/mol. The van der Waals surface area contributed by atoms with Crippen molar-refractivity contribution in [2.75, 3.05) is 25.0 Å². The molecule has 6 rings (SSSR count). The number of rotatable bonds is 4. The number of anilines is 1. The number of aromatic nitrogens is 1. The first-order chi connectivity index (χ1) is 17.4. The van der Waals surface area contributed by atoms with E-state index in [4.69, 9.17) is 11.6 Å². The Labute approximate surface area is 213 Å². The van der Waals surface area contributed by atoms with Crippen molar-refractivity contribution in [3.8, 4) is 0 Å². The summed E-state index contributed by atoms with van der Waals surface area (Å²) in [5.41, 5.74) is 3.83. The second-order valence-electron chi connectivity index (χ2n) is 9.71. The fourth-order valence-corrected chi connectivity index (χ4v) is 5.87. The molecule has 182 valence electrons. The Morgan fingerprint density at radius 2 is 1.72 bits per heavy atom. The number of ketones is 1. The van der Waals surface area contributed by atoms with Crippen LogP contribution in [0.5, 0.6) is 0 Å². The largest absolute Gasteiger partial charge is 0.384 e. The fourth-order valence-electron chi connectivity index (χ4n) is 5.71. The zero-order valence-electron chi connectivity index (χ0n) is 19.6. The smallest absolute Gasteiger partial charge is 0.256 e. The van der Waals surface area contributed by atoms with Gasteiger partial charge in [-0.3, -0.25) is 9.59 Å². The first-order valence-corrected chi connectivity index (χ1v) is 12.5. The van der Waals surface area contributed by atoms with Gasteiger partial charge in [0, 0.05) is 47.3 Å². The van der Waals surface area contributed by atoms with Crippen molar-refractivity contribution in [3.63, 3.8) is 0 Å². The first-order valence-electron chi connectivity index (χ1n) is 12.1. The van der Waals surface area contributed by atoms with Crippen LogP contribution in [0.15, 0.2) is 72.9 Å². The van der Waals surface area contributed by atoms with Crippen LogP contribution in [0.25, 0.3) is 10.9 Å². The van der Waals surface area contributed by atoms with Gasteiger partial charge in [-0.25, -0.2) is 4.39 Å². The molecule has 3 heterocycles. The summed E-state index contributed by atoms with van der Waals surface area (Å²) in [4.78, 5) is 28.5. The number of hydrogen-bond acceptors (Lipinski definition) is 3. The van der Waals surface area contributed by atoms with E-state index in [0.29, 0.717) is 29.2 Å². The van der Waals surface area contributed by atoms with Gasteiger partial charge in [-0.15, -0.1) is 0 Å². The zero-order chi connectivity index (χ0) is 24.9. The van der Waals surface area contributed by atoms with E-state index in [9.17, 15) is 14.0 Å². The van der Waals surface area contributed by atoms with E-state index in [1.807, 2.05) is 17.0 Å². The number of nitrogens with zero attached hydrogens (tertiary/aromatic N) is 2. The standard InChI is InChI=1S/C29H25ClFN3O2/c30-19-9-10-20-22(16-34(26(20)15-19)17-27(35)21-5-1-3-7-24(21)31)28(36)33-13-11-29(12-14-33)18-32-25-8-4-2-6-23(25)29/h1-10,15-16,32H,11-14,17-18H2. The van der Waals surface area contributed by atoms with Crippen molar-refractivity contribution < 1.29 is 14.0 Å². The SMILES string of the molecule is O=C(Cn1cc(C(=O)N2CCC3(CC2)CNc2ccccc23)c2ccc(Cl)cc21)c1ccccc1F. The molecular weight excluding hydrogens is 477 g/mol. The van der Waals surface area contributed by atoms with Gasteiger partial charge >= 0.3 is 0 Å². The van der Waals surface area contributed by atoms with Crippen molar-refractivity contribution in [2.24, 2.45) is 0 Å². The van der Waals surface area contributed by atoms with E-state index in [1.54, 1.807) is 35.0 Å². The van der Waals surface area contributed by atoms with Crippen molar-refractivity contribution in [2.45, 2.75) is 24.8 Å². The maximum Gasteiger partial charge on any atom is 0.256 e. The highest BCUT2D eigenvalue weighted by molar-refractivity contribution is 6.31. The average Bonchev–Trinajstić information content (AvgIpc) is 3.43. The summed E-state index contributed by atoms with van der Waals surface area (Å²) >= 11 is 6.26. The number of carbonyl (C=O) groups excluding carboxylic acids is 2. The molecule has 0 unspecified atom stereocenters. The molecule has 0 aliphatic carbocycles. The summed E-state index contributed by atoms with van der Waals surface area (Å²) in [6.07, 6.45) is 3.48. The van der Waals surface area contributed by atoms with Crippen LogP contribution >= 0.6 is 11.6 Å². The number of nitrogens with one attached hydrogen (secondary N) is 1. The van der Waals surface area contributed by atoms with Gasteiger partial charge in [0.2, 0.25) is 0 Å². The minimum Gasteiger partial charge on any atom is -0.384 e. The van der Waals surface area contributed by atoms with Crippen molar-refractivity contribution in [1.29, 1.82) is 0 Å². The molecule has 4 aromatic rings. The highest BCUT2D eigenvalue weighted by Crippen LogP contribution is 2.44. The molecule has 0 radical (unpaired) electrons. The molecule has 7 heteroatoms. The Morgan fingerprint density at radius 3 is 2.53 bits per heavy atom. The third-order valence-electron chi connectivity index (χ3n) is 7.69. The summed E-state index contributed by atoms with van der Waals surface area (Å²) in [6.45, 7) is 2.12. The van der Waals surface area contributed by atoms with Gasteiger partial charge in [0.25, 0.3) is 5.91 Å². The molecular formula is C29H25ClFN3O2. The molecule has 0 bridgehead atoms. The molecule has 2 aliphatic rings. The minimum absolute atomic E-state index is 0.0287. The van der Waals surface area contributed by atoms with Gasteiger partial charge in [-0.05, 0) is 48.7 Å². The van der Waals surface area contributed by atoms with Gasteiger partial charge in [0.05, 0.1) is 23.2 Å². The van der Waals surface area contributed by atoms with Gasteiger partial charge in [0.15, 0.2) is 5.78 Å². The lowest BCUT2D eigenvalue weighted by molar-refractivity contribution is 0.0677. The molecule has 1 spiro atoms. The van der Waals surface area contributed by atoms with Crippen molar-refractivity contribution in [3.05, 3.63) is 100 Å². The number of benzene rings is 3. The van der Waals surface area contributed by atoms with E-state index >= 15 is 0 Å². The van der Waals surface area contributed by atoms with Crippen LogP contribution in [0, 0.1) is 5.82 Å². The molecule has 1 N–H and O–H groups in total. The van der Waals surface area contributed by atoms with Crippen molar-refractivity contribution in [1.82, 2.24) is 9.47 Å². The number of carbonyl (C=O) groups is 2. The molecule has 1 fully saturated rings. The summed E-state index contributed by atoms with van der Waals surface area (Å²) in [5.74, 6) is -0.983. The van der Waals surface area contributed by atoms with Crippen LogP contribution in [-0.2, 0) is 12.0 Å². The lowest BCUT2D eigenvalue weighted by Gasteiger charge is -2.39. The summed E-state index contributed by atoms with van der Waals surface area (Å²) in [5, 5.41) is 4.77. The second-order valence-corrected chi connectivity index (χ2v) is 10.1. The molecule has 3 aromatic carbocycles. The Bertz CT molecular complexity index is 1500.